The number of aryl methyl sites for hydroxylation is 1. The maximum absolute atomic E-state index is 12.5. The fraction of sp³-hybridized carbons (Fsp3) is 0.278. The van der Waals surface area contributed by atoms with Crippen LogP contribution in [0.15, 0.2) is 42.5 Å². The number of anilines is 1. The van der Waals surface area contributed by atoms with Crippen LogP contribution in [-0.4, -0.2) is 28.8 Å². The minimum absolute atomic E-state index is 0.118. The van der Waals surface area contributed by atoms with Crippen molar-refractivity contribution < 1.29 is 9.72 Å². The van der Waals surface area contributed by atoms with E-state index >= 15 is 0 Å². The lowest BCUT2D eigenvalue weighted by atomic mass is 10.1. The number of likely N-dealkylation sites (N-methyl/N-ethyl adjacent to an activating group) is 1. The summed E-state index contributed by atoms with van der Waals surface area (Å²) in [6.45, 7) is 4.46. The van der Waals surface area contributed by atoms with Gasteiger partial charge >= 0.3 is 0 Å². The normalized spacial score (nSPS) is 12.0. The van der Waals surface area contributed by atoms with Crippen molar-refractivity contribution in [2.24, 2.45) is 0 Å². The molecular weight excluding hydrogens is 342 g/mol. The van der Waals surface area contributed by atoms with E-state index in [1.807, 2.05) is 43.1 Å². The number of nitro benzene ring substituents is 1. The van der Waals surface area contributed by atoms with Crippen molar-refractivity contribution in [3.8, 4) is 0 Å². The van der Waals surface area contributed by atoms with Gasteiger partial charge in [0.2, 0.25) is 5.91 Å². The first kappa shape index (κ1) is 18.9. The molecule has 132 valence electrons. The monoisotopic (exact) mass is 361 g/mol. The molecule has 1 unspecified atom stereocenters. The molecule has 0 aliphatic heterocycles. The number of nitrogens with one attached hydrogen (secondary N) is 1. The molecule has 7 heteroatoms. The van der Waals surface area contributed by atoms with Gasteiger partial charge in [-0.1, -0.05) is 35.9 Å². The molecule has 2 aromatic carbocycles. The average molecular weight is 362 g/mol. The van der Waals surface area contributed by atoms with Crippen LogP contribution in [0.25, 0.3) is 0 Å². The minimum Gasteiger partial charge on any atom is -0.323 e. The van der Waals surface area contributed by atoms with Gasteiger partial charge in [-0.05, 0) is 38.1 Å². The van der Waals surface area contributed by atoms with Gasteiger partial charge in [0.15, 0.2) is 0 Å². The number of nitro groups is 1. The molecule has 0 bridgehead atoms. The summed E-state index contributed by atoms with van der Waals surface area (Å²) in [5.41, 5.74) is 2.56. The highest BCUT2D eigenvalue weighted by atomic mass is 35.5. The molecule has 2 rings (SSSR count). The van der Waals surface area contributed by atoms with Crippen LogP contribution in [0, 0.1) is 17.0 Å². The Morgan fingerprint density at radius 3 is 2.60 bits per heavy atom. The largest absolute Gasteiger partial charge is 0.323 e. The van der Waals surface area contributed by atoms with Crippen molar-refractivity contribution in [2.75, 3.05) is 12.4 Å². The molecule has 2 aromatic rings. The first-order valence-corrected chi connectivity index (χ1v) is 8.17. The molecule has 0 aliphatic carbocycles. The SMILES string of the molecule is Cc1ccccc1CN(C)C(C)C(=O)Nc1ccc([N+](=O)[O-])cc1Cl. The number of non-ortho nitro benzene ring substituents is 1. The molecule has 0 saturated carbocycles. The molecule has 1 amide bonds. The second kappa shape index (κ2) is 8.09. The minimum atomic E-state index is -0.532. The maximum atomic E-state index is 12.5. The Morgan fingerprint density at radius 2 is 2.00 bits per heavy atom. The Bertz CT molecular complexity index is 795. The Kier molecular flexibility index (Phi) is 6.12. The Hall–Kier alpha value is -2.44. The van der Waals surface area contributed by atoms with E-state index in [1.54, 1.807) is 6.92 Å². The second-order valence-corrected chi connectivity index (χ2v) is 6.34. The summed E-state index contributed by atoms with van der Waals surface area (Å²) in [5.74, 6) is -0.230. The highest BCUT2D eigenvalue weighted by Gasteiger charge is 2.20. The predicted octanol–water partition coefficient (Wildman–Crippen LogP) is 4.02. The lowest BCUT2D eigenvalue weighted by Gasteiger charge is -2.24. The summed E-state index contributed by atoms with van der Waals surface area (Å²) in [7, 11) is 1.87. The van der Waals surface area contributed by atoms with E-state index in [1.165, 1.54) is 23.8 Å². The van der Waals surface area contributed by atoms with Crippen LogP contribution in [0.3, 0.4) is 0 Å². The molecule has 25 heavy (non-hydrogen) atoms. The lowest BCUT2D eigenvalue weighted by Crippen LogP contribution is -2.39. The van der Waals surface area contributed by atoms with Gasteiger partial charge < -0.3 is 5.32 Å². The van der Waals surface area contributed by atoms with Crippen LogP contribution < -0.4 is 5.32 Å². The molecule has 0 fully saturated rings. The van der Waals surface area contributed by atoms with Crippen molar-refractivity contribution in [3.63, 3.8) is 0 Å². The van der Waals surface area contributed by atoms with E-state index in [9.17, 15) is 14.9 Å². The molecule has 1 N–H and O–H groups in total. The highest BCUT2D eigenvalue weighted by molar-refractivity contribution is 6.34. The van der Waals surface area contributed by atoms with Gasteiger partial charge in [0.05, 0.1) is 21.7 Å². The molecule has 0 saturated heterocycles. The van der Waals surface area contributed by atoms with Crippen molar-refractivity contribution in [1.82, 2.24) is 4.90 Å². The first-order valence-electron chi connectivity index (χ1n) is 7.79. The van der Waals surface area contributed by atoms with Crippen LogP contribution in [0.5, 0.6) is 0 Å². The first-order chi connectivity index (χ1) is 11.8. The number of nitrogens with zero attached hydrogens (tertiary/aromatic N) is 2. The van der Waals surface area contributed by atoms with Crippen LogP contribution in [0.2, 0.25) is 5.02 Å². The molecular formula is C18H20ClN3O3. The topological polar surface area (TPSA) is 75.5 Å². The Morgan fingerprint density at radius 1 is 1.32 bits per heavy atom. The molecule has 0 aromatic heterocycles. The zero-order chi connectivity index (χ0) is 18.6. The Balaban J connectivity index is 2.04. The van der Waals surface area contributed by atoms with Gasteiger partial charge in [0, 0.05) is 18.7 Å². The van der Waals surface area contributed by atoms with Gasteiger partial charge in [-0.3, -0.25) is 19.8 Å². The second-order valence-electron chi connectivity index (χ2n) is 5.93. The summed E-state index contributed by atoms with van der Waals surface area (Å²) in [6.07, 6.45) is 0. The summed E-state index contributed by atoms with van der Waals surface area (Å²) >= 11 is 6.02. The fourth-order valence-electron chi connectivity index (χ4n) is 2.35. The number of hydrogen-bond acceptors (Lipinski definition) is 4. The fourth-order valence-corrected chi connectivity index (χ4v) is 2.57. The third-order valence-electron chi connectivity index (χ3n) is 4.14. The third kappa shape index (κ3) is 4.78. The molecule has 6 nitrogen and oxygen atoms in total. The quantitative estimate of drug-likeness (QED) is 0.623. The Labute approximate surface area is 151 Å². The van der Waals surface area contributed by atoms with Gasteiger partial charge in [-0.2, -0.15) is 0 Å². The van der Waals surface area contributed by atoms with Crippen LogP contribution in [0.4, 0.5) is 11.4 Å². The average Bonchev–Trinajstić information content (AvgIpc) is 2.57. The number of halogens is 1. The number of rotatable bonds is 6. The van der Waals surface area contributed by atoms with E-state index in [-0.39, 0.29) is 16.6 Å². The van der Waals surface area contributed by atoms with E-state index in [2.05, 4.69) is 5.32 Å². The van der Waals surface area contributed by atoms with Gasteiger partial charge in [-0.15, -0.1) is 0 Å². The van der Waals surface area contributed by atoms with Crippen LogP contribution in [-0.2, 0) is 11.3 Å². The number of carbonyl (C=O) groups is 1. The predicted molar refractivity (Wildman–Crippen MR) is 98.8 cm³/mol. The van der Waals surface area contributed by atoms with Gasteiger partial charge in [0.1, 0.15) is 0 Å². The zero-order valence-electron chi connectivity index (χ0n) is 14.3. The summed E-state index contributed by atoms with van der Waals surface area (Å²) in [4.78, 5) is 24.6. The molecule has 0 radical (unpaired) electrons. The maximum Gasteiger partial charge on any atom is 0.271 e. The standard InChI is InChI=1S/C18H20ClN3O3/c1-12-6-4-5-7-14(12)11-21(3)13(2)18(23)20-17-9-8-15(22(24)25)10-16(17)19/h4-10,13H,11H2,1-3H3,(H,20,23). The summed E-state index contributed by atoms with van der Waals surface area (Å²) < 4.78 is 0. The van der Waals surface area contributed by atoms with E-state index in [4.69, 9.17) is 11.6 Å². The zero-order valence-corrected chi connectivity index (χ0v) is 15.1. The molecule has 0 spiro atoms. The van der Waals surface area contributed by atoms with Crippen molar-refractivity contribution in [3.05, 3.63) is 68.7 Å². The third-order valence-corrected chi connectivity index (χ3v) is 4.46. The summed E-state index contributed by atoms with van der Waals surface area (Å²) in [5, 5.41) is 13.6. The highest BCUT2D eigenvalue weighted by Crippen LogP contribution is 2.27. The molecule has 0 heterocycles. The van der Waals surface area contributed by atoms with Crippen molar-refractivity contribution in [1.29, 1.82) is 0 Å². The van der Waals surface area contributed by atoms with Crippen LogP contribution in [0.1, 0.15) is 18.1 Å². The molecule has 0 aliphatic rings. The smallest absolute Gasteiger partial charge is 0.271 e. The number of carbonyl (C=O) groups excluding carboxylic acids is 1. The van der Waals surface area contributed by atoms with E-state index < -0.39 is 11.0 Å². The number of hydrogen-bond donors (Lipinski definition) is 1. The number of amides is 1. The lowest BCUT2D eigenvalue weighted by molar-refractivity contribution is -0.384. The molecule has 1 atom stereocenters. The van der Waals surface area contributed by atoms with Gasteiger partial charge in [0.25, 0.3) is 5.69 Å². The number of benzene rings is 2. The van der Waals surface area contributed by atoms with E-state index in [0.717, 1.165) is 5.56 Å². The van der Waals surface area contributed by atoms with Crippen molar-refractivity contribution in [2.45, 2.75) is 26.4 Å². The van der Waals surface area contributed by atoms with Crippen molar-refractivity contribution >= 4 is 28.9 Å². The van der Waals surface area contributed by atoms with Gasteiger partial charge in [-0.25, -0.2) is 0 Å². The van der Waals surface area contributed by atoms with Crippen LogP contribution >= 0.6 is 11.6 Å². The van der Waals surface area contributed by atoms with E-state index in [0.29, 0.717) is 12.2 Å². The summed E-state index contributed by atoms with van der Waals surface area (Å²) in [6, 6.07) is 11.6.